The van der Waals surface area contributed by atoms with Crippen molar-refractivity contribution in [2.24, 2.45) is 5.92 Å². The first-order valence-corrected chi connectivity index (χ1v) is 12.6. The number of nitrogens with one attached hydrogen (secondary N) is 3. The van der Waals surface area contributed by atoms with E-state index in [1.54, 1.807) is 0 Å². The Kier molecular flexibility index (Phi) is 9.99. The first-order chi connectivity index (χ1) is 17.7. The second-order valence-corrected chi connectivity index (χ2v) is 9.61. The summed E-state index contributed by atoms with van der Waals surface area (Å²) in [5.74, 6) is -2.19. The molecular formula is C27H36N4O6. The number of benzene rings is 2. The molecule has 2 aromatic carbocycles. The first-order valence-electron chi connectivity index (χ1n) is 12.6. The van der Waals surface area contributed by atoms with Crippen LogP contribution in [0.4, 0.5) is 0 Å². The number of carbonyl (C=O) groups excluding carboxylic acids is 3. The van der Waals surface area contributed by atoms with Gasteiger partial charge in [-0.05, 0) is 28.7 Å². The Hall–Kier alpha value is -3.50. The van der Waals surface area contributed by atoms with Gasteiger partial charge >= 0.3 is 5.97 Å². The fraction of sp³-hybridized carbons (Fsp3) is 0.481. The van der Waals surface area contributed by atoms with Gasteiger partial charge in [-0.15, -0.1) is 0 Å². The molecule has 0 unspecified atom stereocenters. The van der Waals surface area contributed by atoms with Gasteiger partial charge in [0, 0.05) is 25.6 Å². The molecule has 3 rings (SSSR count). The van der Waals surface area contributed by atoms with Crippen LogP contribution in [0.2, 0.25) is 0 Å². The third-order valence-electron chi connectivity index (χ3n) is 6.88. The average molecular weight is 513 g/mol. The standard InChI is InChI=1S/C27H36N4O6/c1-3-17(2)22(30-26(35)21-11-12-24(33)28-21)14-31(15-25(34)29-23(16-32)27(36)37)13-19-9-6-8-18-7-4-5-10-20(18)19/h4-10,17,21-23,32H,3,11-16H2,1-2H3,(H,28,33)(H,29,34)(H,30,35)(H,36,37)/t17-,21-,22+,23+/m0/s1. The Labute approximate surface area is 216 Å². The van der Waals surface area contributed by atoms with Gasteiger partial charge in [-0.25, -0.2) is 4.79 Å². The molecular weight excluding hydrogens is 476 g/mol. The lowest BCUT2D eigenvalue weighted by molar-refractivity contribution is -0.143. The number of carboxylic acid groups (broad SMARTS) is 1. The van der Waals surface area contributed by atoms with E-state index in [9.17, 15) is 29.4 Å². The number of amides is 3. The molecule has 0 aliphatic carbocycles. The van der Waals surface area contributed by atoms with Crippen LogP contribution >= 0.6 is 0 Å². The summed E-state index contributed by atoms with van der Waals surface area (Å²) in [7, 11) is 0. The highest BCUT2D eigenvalue weighted by atomic mass is 16.4. The number of nitrogens with zero attached hydrogens (tertiary/aromatic N) is 1. The van der Waals surface area contributed by atoms with Crippen molar-refractivity contribution < 1.29 is 29.4 Å². The zero-order valence-corrected chi connectivity index (χ0v) is 21.3. The highest BCUT2D eigenvalue weighted by Gasteiger charge is 2.31. The molecule has 1 saturated heterocycles. The molecule has 5 N–H and O–H groups in total. The van der Waals surface area contributed by atoms with Crippen molar-refractivity contribution >= 4 is 34.5 Å². The first kappa shape index (κ1) is 28.1. The van der Waals surface area contributed by atoms with Crippen molar-refractivity contribution in [1.82, 2.24) is 20.9 Å². The quantitative estimate of drug-likeness (QED) is 0.269. The molecule has 0 bridgehead atoms. The summed E-state index contributed by atoms with van der Waals surface area (Å²) in [6.07, 6.45) is 1.54. The van der Waals surface area contributed by atoms with Crippen LogP contribution in [0, 0.1) is 5.92 Å². The van der Waals surface area contributed by atoms with Crippen molar-refractivity contribution in [3.8, 4) is 0 Å². The van der Waals surface area contributed by atoms with Crippen LogP contribution in [-0.4, -0.2) is 76.6 Å². The number of aliphatic hydroxyl groups excluding tert-OH is 1. The predicted molar refractivity (Wildman–Crippen MR) is 138 cm³/mol. The molecule has 1 aliphatic heterocycles. The fourth-order valence-corrected chi connectivity index (χ4v) is 4.51. The third-order valence-corrected chi connectivity index (χ3v) is 6.88. The summed E-state index contributed by atoms with van der Waals surface area (Å²) in [5.41, 5.74) is 0.986. The second kappa shape index (κ2) is 13.2. The van der Waals surface area contributed by atoms with Crippen LogP contribution < -0.4 is 16.0 Å². The fourth-order valence-electron chi connectivity index (χ4n) is 4.51. The number of aliphatic carboxylic acids is 1. The third kappa shape index (κ3) is 7.74. The van der Waals surface area contributed by atoms with Crippen molar-refractivity contribution in [2.45, 2.75) is 57.8 Å². The highest BCUT2D eigenvalue weighted by molar-refractivity contribution is 5.91. The summed E-state index contributed by atoms with van der Waals surface area (Å²) < 4.78 is 0. The van der Waals surface area contributed by atoms with Gasteiger partial charge in [0.2, 0.25) is 17.7 Å². The SMILES string of the molecule is CC[C@H](C)[C@@H](CN(CC(=O)N[C@H](CO)C(=O)O)Cc1cccc2ccccc12)NC(=O)[C@@H]1CCC(=O)N1. The van der Waals surface area contributed by atoms with E-state index in [-0.39, 0.29) is 30.3 Å². The van der Waals surface area contributed by atoms with Crippen LogP contribution in [0.5, 0.6) is 0 Å². The zero-order chi connectivity index (χ0) is 26.9. The Morgan fingerprint density at radius 3 is 2.51 bits per heavy atom. The van der Waals surface area contributed by atoms with Crippen LogP contribution in [0.3, 0.4) is 0 Å². The van der Waals surface area contributed by atoms with Gasteiger partial charge in [0.25, 0.3) is 0 Å². The molecule has 10 nitrogen and oxygen atoms in total. The minimum atomic E-state index is -1.40. The molecule has 4 atom stereocenters. The maximum absolute atomic E-state index is 12.9. The number of hydrogen-bond acceptors (Lipinski definition) is 6. The van der Waals surface area contributed by atoms with E-state index in [0.29, 0.717) is 25.9 Å². The zero-order valence-electron chi connectivity index (χ0n) is 21.3. The van der Waals surface area contributed by atoms with E-state index < -0.39 is 30.6 Å². The molecule has 200 valence electrons. The lowest BCUT2D eigenvalue weighted by atomic mass is 9.97. The minimum absolute atomic E-state index is 0.0725. The molecule has 1 heterocycles. The molecule has 1 aliphatic rings. The van der Waals surface area contributed by atoms with Gasteiger partial charge in [0.1, 0.15) is 12.1 Å². The van der Waals surface area contributed by atoms with Gasteiger partial charge < -0.3 is 26.2 Å². The van der Waals surface area contributed by atoms with E-state index in [1.165, 1.54) is 0 Å². The van der Waals surface area contributed by atoms with E-state index >= 15 is 0 Å². The minimum Gasteiger partial charge on any atom is -0.480 e. The molecule has 3 amide bonds. The number of fused-ring (bicyclic) bond motifs is 1. The van der Waals surface area contributed by atoms with Crippen molar-refractivity contribution in [1.29, 1.82) is 0 Å². The normalized spacial score (nSPS) is 17.7. The number of aliphatic hydroxyl groups is 1. The monoisotopic (exact) mass is 512 g/mol. The molecule has 1 fully saturated rings. The van der Waals surface area contributed by atoms with Crippen molar-refractivity contribution in [3.63, 3.8) is 0 Å². The maximum atomic E-state index is 12.9. The Bertz CT molecular complexity index is 1120. The summed E-state index contributed by atoms with van der Waals surface area (Å²) >= 11 is 0. The van der Waals surface area contributed by atoms with Crippen molar-refractivity contribution in [3.05, 3.63) is 48.0 Å². The van der Waals surface area contributed by atoms with Gasteiger partial charge in [-0.1, -0.05) is 62.7 Å². The molecule has 37 heavy (non-hydrogen) atoms. The van der Waals surface area contributed by atoms with Crippen LogP contribution in [0.1, 0.15) is 38.7 Å². The largest absolute Gasteiger partial charge is 0.480 e. The summed E-state index contributed by atoms with van der Waals surface area (Å²) in [5, 5.41) is 28.7. The average Bonchev–Trinajstić information content (AvgIpc) is 3.32. The lowest BCUT2D eigenvalue weighted by Gasteiger charge is -2.32. The van der Waals surface area contributed by atoms with Crippen molar-refractivity contribution in [2.75, 3.05) is 19.7 Å². The Balaban J connectivity index is 1.83. The molecule has 10 heteroatoms. The molecule has 0 saturated carbocycles. The predicted octanol–water partition coefficient (Wildman–Crippen LogP) is 1.01. The van der Waals surface area contributed by atoms with Gasteiger partial charge in [0.15, 0.2) is 0 Å². The summed E-state index contributed by atoms with van der Waals surface area (Å²) in [6, 6.07) is 11.5. The maximum Gasteiger partial charge on any atom is 0.328 e. The van der Waals surface area contributed by atoms with E-state index in [4.69, 9.17) is 0 Å². The molecule has 0 spiro atoms. The smallest absolute Gasteiger partial charge is 0.328 e. The van der Waals surface area contributed by atoms with E-state index in [0.717, 1.165) is 22.8 Å². The van der Waals surface area contributed by atoms with Crippen LogP contribution in [-0.2, 0) is 25.7 Å². The highest BCUT2D eigenvalue weighted by Crippen LogP contribution is 2.21. The van der Waals surface area contributed by atoms with Gasteiger partial charge in [-0.3, -0.25) is 19.3 Å². The van der Waals surface area contributed by atoms with Crippen LogP contribution in [0.25, 0.3) is 10.8 Å². The number of rotatable bonds is 13. The lowest BCUT2D eigenvalue weighted by Crippen LogP contribution is -2.53. The van der Waals surface area contributed by atoms with E-state index in [1.807, 2.05) is 61.2 Å². The van der Waals surface area contributed by atoms with Gasteiger partial charge in [-0.2, -0.15) is 0 Å². The number of hydrogen-bond donors (Lipinski definition) is 5. The second-order valence-electron chi connectivity index (χ2n) is 9.61. The number of carboxylic acids is 1. The summed E-state index contributed by atoms with van der Waals surface area (Å²) in [6.45, 7) is 3.89. The van der Waals surface area contributed by atoms with Gasteiger partial charge in [0.05, 0.1) is 13.2 Å². The molecule has 0 radical (unpaired) electrons. The van der Waals surface area contributed by atoms with Crippen LogP contribution in [0.15, 0.2) is 42.5 Å². The van der Waals surface area contributed by atoms with E-state index in [2.05, 4.69) is 16.0 Å². The Morgan fingerprint density at radius 2 is 1.86 bits per heavy atom. The summed E-state index contributed by atoms with van der Waals surface area (Å²) in [4.78, 5) is 50.5. The number of carbonyl (C=O) groups is 4. The Morgan fingerprint density at radius 1 is 1.14 bits per heavy atom. The topological polar surface area (TPSA) is 148 Å². The molecule has 0 aromatic heterocycles. The molecule has 2 aromatic rings.